The van der Waals surface area contributed by atoms with Gasteiger partial charge in [0.05, 0.1) is 25.2 Å². The van der Waals surface area contributed by atoms with Crippen molar-refractivity contribution < 1.29 is 24.5 Å². The third kappa shape index (κ3) is 47.2. The summed E-state index contributed by atoms with van der Waals surface area (Å²) in [7, 11) is 0. The minimum Gasteiger partial charge on any atom is -0.462 e. The van der Waals surface area contributed by atoms with Crippen molar-refractivity contribution in [1.82, 2.24) is 5.32 Å². The Kier molecular flexibility index (Phi) is 50.9. The molecule has 0 bridgehead atoms. The zero-order valence-electron chi connectivity index (χ0n) is 43.0. The first kappa shape index (κ1) is 61.9. The van der Waals surface area contributed by atoms with Crippen LogP contribution in [0.2, 0.25) is 0 Å². The first-order valence-corrected chi connectivity index (χ1v) is 28.8. The summed E-state index contributed by atoms with van der Waals surface area (Å²) in [5.74, 6) is -0.445. The number of rotatable bonds is 53. The van der Waals surface area contributed by atoms with Gasteiger partial charge in [0.15, 0.2) is 0 Å². The number of hydrogen-bond acceptors (Lipinski definition) is 5. The van der Waals surface area contributed by atoms with Crippen molar-refractivity contribution >= 4 is 11.9 Å². The first-order chi connectivity index (χ1) is 31.0. The minimum absolute atomic E-state index is 0.0886. The summed E-state index contributed by atoms with van der Waals surface area (Å²) in [6.45, 7) is 6.53. The van der Waals surface area contributed by atoms with E-state index in [1.165, 1.54) is 244 Å². The fraction of sp³-hybridized carbons (Fsp3) is 0.965. The molecule has 0 aliphatic carbocycles. The summed E-state index contributed by atoms with van der Waals surface area (Å²) in [6.07, 6.45) is 57.3. The Bertz CT molecular complexity index is 913. The second-order valence-electron chi connectivity index (χ2n) is 20.1. The molecule has 3 unspecified atom stereocenters. The van der Waals surface area contributed by atoms with Gasteiger partial charge < -0.3 is 20.3 Å². The standard InChI is InChI=1S/C57H113NO5/c1-4-7-10-13-16-19-22-25-28-30-33-36-39-42-45-48-53(63-57(62)50-47-44-41-38-35-32-27-24-21-18-15-12-9-6-3)51-56(61)58-54(52-59)55(60)49-46-43-40-37-34-31-29-26-23-20-17-14-11-8-5-2/h53-55,59-60H,4-52H2,1-3H3,(H,58,61). The van der Waals surface area contributed by atoms with E-state index in [-0.39, 0.29) is 24.9 Å². The lowest BCUT2D eigenvalue weighted by molar-refractivity contribution is -0.151. The van der Waals surface area contributed by atoms with E-state index in [4.69, 9.17) is 4.74 Å². The van der Waals surface area contributed by atoms with Gasteiger partial charge in [0.1, 0.15) is 6.10 Å². The van der Waals surface area contributed by atoms with E-state index in [9.17, 15) is 19.8 Å². The van der Waals surface area contributed by atoms with E-state index in [0.717, 1.165) is 38.5 Å². The van der Waals surface area contributed by atoms with Crippen LogP contribution in [0, 0.1) is 0 Å². The van der Waals surface area contributed by atoms with Crippen molar-refractivity contribution in [1.29, 1.82) is 0 Å². The number of carbonyl (C=O) groups is 2. The van der Waals surface area contributed by atoms with Crippen molar-refractivity contribution in [2.24, 2.45) is 0 Å². The summed E-state index contributed by atoms with van der Waals surface area (Å²) in [5, 5.41) is 23.9. The lowest BCUT2D eigenvalue weighted by Crippen LogP contribution is -2.46. The normalized spacial score (nSPS) is 13.0. The molecule has 63 heavy (non-hydrogen) atoms. The van der Waals surface area contributed by atoms with E-state index in [1.807, 2.05) is 0 Å². The highest BCUT2D eigenvalue weighted by molar-refractivity contribution is 5.77. The molecular formula is C57H113NO5. The fourth-order valence-corrected chi connectivity index (χ4v) is 9.32. The number of carbonyl (C=O) groups excluding carboxylic acids is 2. The smallest absolute Gasteiger partial charge is 0.306 e. The summed E-state index contributed by atoms with van der Waals surface area (Å²) in [6, 6.07) is -0.693. The maximum absolute atomic E-state index is 13.3. The Balaban J connectivity index is 4.49. The van der Waals surface area contributed by atoms with Gasteiger partial charge in [-0.15, -0.1) is 0 Å². The molecule has 376 valence electrons. The molecule has 6 heteroatoms. The average molecular weight is 893 g/mol. The Labute approximate surface area is 394 Å². The molecule has 0 heterocycles. The topological polar surface area (TPSA) is 95.9 Å². The van der Waals surface area contributed by atoms with E-state index in [2.05, 4.69) is 26.1 Å². The summed E-state index contributed by atoms with van der Waals surface area (Å²) >= 11 is 0. The Morgan fingerprint density at radius 3 is 0.968 bits per heavy atom. The zero-order valence-corrected chi connectivity index (χ0v) is 43.0. The first-order valence-electron chi connectivity index (χ1n) is 28.8. The van der Waals surface area contributed by atoms with Crippen molar-refractivity contribution in [3.63, 3.8) is 0 Å². The van der Waals surface area contributed by atoms with Gasteiger partial charge >= 0.3 is 5.97 Å². The molecule has 6 nitrogen and oxygen atoms in total. The molecule has 0 aliphatic heterocycles. The number of esters is 1. The molecule has 0 fully saturated rings. The lowest BCUT2D eigenvalue weighted by Gasteiger charge is -2.24. The molecule has 3 atom stereocenters. The van der Waals surface area contributed by atoms with Gasteiger partial charge in [-0.05, 0) is 25.7 Å². The van der Waals surface area contributed by atoms with Crippen LogP contribution < -0.4 is 5.32 Å². The van der Waals surface area contributed by atoms with Crippen LogP contribution in [0.4, 0.5) is 0 Å². The van der Waals surface area contributed by atoms with Gasteiger partial charge in [-0.25, -0.2) is 0 Å². The van der Waals surface area contributed by atoms with Crippen molar-refractivity contribution in [3.8, 4) is 0 Å². The molecule has 0 rings (SSSR count). The predicted octanol–water partition coefficient (Wildman–Crippen LogP) is 17.5. The lowest BCUT2D eigenvalue weighted by atomic mass is 10.0. The second kappa shape index (κ2) is 51.8. The third-order valence-corrected chi connectivity index (χ3v) is 13.7. The number of amides is 1. The van der Waals surface area contributed by atoms with Crippen molar-refractivity contribution in [3.05, 3.63) is 0 Å². The summed E-state index contributed by atoms with van der Waals surface area (Å²) in [4.78, 5) is 26.2. The van der Waals surface area contributed by atoms with Gasteiger partial charge in [0.25, 0.3) is 0 Å². The van der Waals surface area contributed by atoms with Gasteiger partial charge in [0, 0.05) is 6.42 Å². The molecule has 0 aromatic heterocycles. The number of unbranched alkanes of at least 4 members (excludes halogenated alkanes) is 41. The van der Waals surface area contributed by atoms with Crippen LogP contribution in [0.25, 0.3) is 0 Å². The van der Waals surface area contributed by atoms with E-state index in [1.54, 1.807) is 0 Å². The van der Waals surface area contributed by atoms with E-state index < -0.39 is 18.2 Å². The maximum Gasteiger partial charge on any atom is 0.306 e. The van der Waals surface area contributed by atoms with Gasteiger partial charge in [-0.3, -0.25) is 9.59 Å². The molecule has 1 amide bonds. The highest BCUT2D eigenvalue weighted by atomic mass is 16.5. The van der Waals surface area contributed by atoms with E-state index >= 15 is 0 Å². The SMILES string of the molecule is CCCCCCCCCCCCCCCCCC(CC(=O)NC(CO)C(O)CCCCCCCCCCCCCCCCC)OC(=O)CCCCCCCCCCCCCCCC. The number of aliphatic hydroxyl groups excluding tert-OH is 2. The van der Waals surface area contributed by atoms with Crippen LogP contribution in [0.15, 0.2) is 0 Å². The monoisotopic (exact) mass is 892 g/mol. The van der Waals surface area contributed by atoms with Crippen molar-refractivity contribution in [2.75, 3.05) is 6.61 Å². The number of nitrogens with one attached hydrogen (secondary N) is 1. The Hall–Kier alpha value is -1.14. The van der Waals surface area contributed by atoms with Crippen LogP contribution in [0.1, 0.15) is 329 Å². The third-order valence-electron chi connectivity index (χ3n) is 13.7. The molecular weight excluding hydrogens is 779 g/mol. The Morgan fingerprint density at radius 2 is 0.667 bits per heavy atom. The molecule has 0 radical (unpaired) electrons. The predicted molar refractivity (Wildman–Crippen MR) is 274 cm³/mol. The fourth-order valence-electron chi connectivity index (χ4n) is 9.32. The summed E-state index contributed by atoms with van der Waals surface area (Å²) in [5.41, 5.74) is 0. The molecule has 0 aromatic carbocycles. The second-order valence-corrected chi connectivity index (χ2v) is 20.1. The van der Waals surface area contributed by atoms with Crippen LogP contribution >= 0.6 is 0 Å². The average Bonchev–Trinajstić information content (AvgIpc) is 3.28. The highest BCUT2D eigenvalue weighted by Crippen LogP contribution is 2.19. The molecule has 0 aromatic rings. The summed E-state index contributed by atoms with van der Waals surface area (Å²) < 4.78 is 5.96. The van der Waals surface area contributed by atoms with Gasteiger partial charge in [-0.2, -0.15) is 0 Å². The van der Waals surface area contributed by atoms with Crippen LogP contribution in [-0.4, -0.2) is 46.9 Å². The minimum atomic E-state index is -0.780. The molecule has 3 N–H and O–H groups in total. The van der Waals surface area contributed by atoms with Crippen molar-refractivity contribution in [2.45, 2.75) is 347 Å². The molecule has 0 saturated heterocycles. The number of ether oxygens (including phenoxy) is 1. The van der Waals surface area contributed by atoms with E-state index in [0.29, 0.717) is 19.3 Å². The largest absolute Gasteiger partial charge is 0.462 e. The quantitative estimate of drug-likeness (QED) is 0.0418. The molecule has 0 spiro atoms. The van der Waals surface area contributed by atoms with Gasteiger partial charge in [-0.1, -0.05) is 290 Å². The number of aliphatic hydroxyl groups is 2. The van der Waals surface area contributed by atoms with Crippen LogP contribution in [0.3, 0.4) is 0 Å². The maximum atomic E-state index is 13.3. The highest BCUT2D eigenvalue weighted by Gasteiger charge is 2.24. The van der Waals surface area contributed by atoms with Crippen LogP contribution in [0.5, 0.6) is 0 Å². The Morgan fingerprint density at radius 1 is 0.397 bits per heavy atom. The van der Waals surface area contributed by atoms with Gasteiger partial charge in [0.2, 0.25) is 5.91 Å². The van der Waals surface area contributed by atoms with Crippen LogP contribution in [-0.2, 0) is 14.3 Å². The zero-order chi connectivity index (χ0) is 45.9. The molecule has 0 saturated carbocycles. The number of hydrogen-bond donors (Lipinski definition) is 3. The molecule has 0 aliphatic rings.